The topological polar surface area (TPSA) is 37.4 Å². The second kappa shape index (κ2) is 6.15. The molecule has 0 N–H and O–H groups in total. The smallest absolute Gasteiger partial charge is 0.239 e. The minimum absolute atomic E-state index is 0.173. The number of imide groups is 1. The molecule has 0 spiro atoms. The number of nitrogens with zero attached hydrogens (tertiary/aromatic N) is 1. The van der Waals surface area contributed by atoms with E-state index in [1.54, 1.807) is 0 Å². The molecule has 3 nitrogen and oxygen atoms in total. The number of benzene rings is 3. The number of carbonyl (C=O) groups excluding carboxylic acids is 2. The minimum atomic E-state index is -0.756. The molecule has 1 heterocycles. The lowest BCUT2D eigenvalue weighted by Gasteiger charge is -2.55. The molecule has 7 rings (SSSR count). The maximum Gasteiger partial charge on any atom is 0.239 e. The van der Waals surface area contributed by atoms with E-state index < -0.39 is 20.5 Å². The summed E-state index contributed by atoms with van der Waals surface area (Å²) < 4.78 is -0.686. The molecule has 1 aliphatic heterocycles. The molecule has 0 saturated carbocycles. The largest absolute Gasteiger partial charge is 0.274 e. The molecule has 148 valence electrons. The van der Waals surface area contributed by atoms with Gasteiger partial charge >= 0.3 is 0 Å². The second-order valence-corrected chi connectivity index (χ2v) is 11.4. The summed E-state index contributed by atoms with van der Waals surface area (Å²) in [6.45, 7) is 0. The Morgan fingerprint density at radius 2 is 1.10 bits per heavy atom. The molecule has 1 saturated heterocycles. The molecule has 3 aliphatic carbocycles. The number of halogens is 3. The van der Waals surface area contributed by atoms with Crippen molar-refractivity contribution in [3.63, 3.8) is 0 Å². The Balaban J connectivity index is 1.67. The zero-order valence-corrected chi connectivity index (χ0v) is 20.2. The number of carbonyl (C=O) groups is 2. The monoisotopic (exact) mass is 585 g/mol. The van der Waals surface area contributed by atoms with Gasteiger partial charge in [0.25, 0.3) is 0 Å². The highest BCUT2D eigenvalue weighted by Crippen LogP contribution is 2.70. The van der Waals surface area contributed by atoms with Gasteiger partial charge in [0.2, 0.25) is 11.8 Å². The van der Waals surface area contributed by atoms with Gasteiger partial charge in [0.1, 0.15) is 0 Å². The average Bonchev–Trinajstić information content (AvgIpc) is 3.03. The highest BCUT2D eigenvalue weighted by Gasteiger charge is 2.72. The Morgan fingerprint density at radius 1 is 0.667 bits per heavy atom. The van der Waals surface area contributed by atoms with E-state index in [4.69, 9.17) is 0 Å². The fourth-order valence-electron chi connectivity index (χ4n) is 5.54. The Hall–Kier alpha value is -1.76. The fraction of sp³-hybridized carbons (Fsp3) is 0.167. The molecular weight excluding hydrogens is 574 g/mol. The summed E-state index contributed by atoms with van der Waals surface area (Å²) >= 11 is 11.5. The third-order valence-electron chi connectivity index (χ3n) is 6.65. The van der Waals surface area contributed by atoms with E-state index in [2.05, 4.69) is 72.1 Å². The third-order valence-corrected chi connectivity index (χ3v) is 9.84. The van der Waals surface area contributed by atoms with Gasteiger partial charge in [0.05, 0.1) is 26.2 Å². The molecule has 4 aliphatic rings. The lowest BCUT2D eigenvalue weighted by atomic mass is 9.54. The van der Waals surface area contributed by atoms with Crippen molar-refractivity contribution in [2.75, 3.05) is 4.90 Å². The number of hydrogen-bond donors (Lipinski definition) is 0. The predicted octanol–water partition coefficient (Wildman–Crippen LogP) is 5.86. The van der Waals surface area contributed by atoms with Crippen molar-refractivity contribution >= 4 is 65.3 Å². The summed E-state index contributed by atoms with van der Waals surface area (Å²) in [5.41, 5.74) is 4.75. The van der Waals surface area contributed by atoms with Gasteiger partial charge in [0.15, 0.2) is 0 Å². The summed E-state index contributed by atoms with van der Waals surface area (Å²) in [4.78, 5) is 29.1. The molecule has 2 bridgehead atoms. The van der Waals surface area contributed by atoms with E-state index in [-0.39, 0.29) is 11.8 Å². The Morgan fingerprint density at radius 3 is 1.50 bits per heavy atom. The molecule has 3 aromatic rings. The minimum Gasteiger partial charge on any atom is -0.274 e. The maximum atomic E-state index is 13.9. The van der Waals surface area contributed by atoms with Crippen LogP contribution in [0.2, 0.25) is 0 Å². The zero-order valence-electron chi connectivity index (χ0n) is 15.5. The lowest BCUT2D eigenvalue weighted by molar-refractivity contribution is -0.122. The van der Waals surface area contributed by atoms with E-state index in [0.29, 0.717) is 5.69 Å². The van der Waals surface area contributed by atoms with Crippen LogP contribution in [0.25, 0.3) is 0 Å². The van der Waals surface area contributed by atoms with Crippen molar-refractivity contribution < 1.29 is 9.59 Å². The number of anilines is 1. The third kappa shape index (κ3) is 2.05. The second-order valence-electron chi connectivity index (χ2n) is 7.96. The highest BCUT2D eigenvalue weighted by molar-refractivity contribution is 9.10. The van der Waals surface area contributed by atoms with E-state index in [1.165, 1.54) is 4.90 Å². The number of rotatable bonds is 1. The molecule has 6 heteroatoms. The first kappa shape index (κ1) is 19.0. The van der Waals surface area contributed by atoms with Crippen LogP contribution in [0.1, 0.15) is 22.3 Å². The van der Waals surface area contributed by atoms with Crippen LogP contribution < -0.4 is 4.90 Å². The molecule has 30 heavy (non-hydrogen) atoms. The molecule has 2 atom stereocenters. The molecule has 2 amide bonds. The summed E-state index contributed by atoms with van der Waals surface area (Å²) in [5, 5.41) is 0. The SMILES string of the molecule is O=C1[C@@H]2[C@@H](C(=O)N1c1cccc(Br)c1)C1(Br)c3ccccc3C2(Br)c2ccccc21. The fourth-order valence-corrected chi connectivity index (χ4v) is 8.23. The van der Waals surface area contributed by atoms with Gasteiger partial charge in [-0.25, -0.2) is 4.90 Å². The van der Waals surface area contributed by atoms with E-state index in [9.17, 15) is 9.59 Å². The van der Waals surface area contributed by atoms with Crippen molar-refractivity contribution in [1.29, 1.82) is 0 Å². The van der Waals surface area contributed by atoms with Gasteiger partial charge in [-0.1, -0.05) is 102 Å². The lowest BCUT2D eigenvalue weighted by Crippen LogP contribution is -2.56. The standard InChI is InChI=1S/C24H14Br3NO2/c25-13-6-5-7-14(12-13)28-21(29)19-20(22(28)30)24(27)16-9-2-1-8-15(16)23(19,26)17-10-3-4-11-18(17)24/h1-12,19-20H/t19-,20-,23?,24?/m0/s1. The number of amides is 2. The Labute approximate surface area is 198 Å². The first-order valence-electron chi connectivity index (χ1n) is 9.61. The van der Waals surface area contributed by atoms with Crippen LogP contribution in [0.3, 0.4) is 0 Å². The summed E-state index contributed by atoms with van der Waals surface area (Å²) in [6, 6.07) is 23.6. The van der Waals surface area contributed by atoms with Crippen LogP contribution in [-0.4, -0.2) is 11.8 Å². The maximum absolute atomic E-state index is 13.9. The first-order chi connectivity index (χ1) is 14.4. The molecule has 1 fully saturated rings. The van der Waals surface area contributed by atoms with Gasteiger partial charge in [-0.3, -0.25) is 9.59 Å². The molecule has 0 radical (unpaired) electrons. The molecule has 3 aromatic carbocycles. The highest BCUT2D eigenvalue weighted by atomic mass is 79.9. The van der Waals surface area contributed by atoms with E-state index >= 15 is 0 Å². The van der Waals surface area contributed by atoms with Crippen LogP contribution in [0.5, 0.6) is 0 Å². The zero-order chi connectivity index (χ0) is 20.8. The number of alkyl halides is 2. The van der Waals surface area contributed by atoms with Gasteiger partial charge in [0, 0.05) is 4.47 Å². The molecule has 0 aromatic heterocycles. The van der Waals surface area contributed by atoms with Crippen molar-refractivity contribution in [2.45, 2.75) is 8.65 Å². The molecular formula is C24H14Br3NO2. The van der Waals surface area contributed by atoms with Gasteiger partial charge < -0.3 is 0 Å². The summed E-state index contributed by atoms with van der Waals surface area (Å²) in [7, 11) is 0. The van der Waals surface area contributed by atoms with Crippen LogP contribution in [-0.2, 0) is 18.2 Å². The van der Waals surface area contributed by atoms with E-state index in [1.807, 2.05) is 48.5 Å². The summed E-state index contributed by atoms with van der Waals surface area (Å²) in [5.74, 6) is -1.44. The summed E-state index contributed by atoms with van der Waals surface area (Å²) in [6.07, 6.45) is 0. The van der Waals surface area contributed by atoms with Crippen molar-refractivity contribution in [1.82, 2.24) is 0 Å². The average molecular weight is 588 g/mol. The van der Waals surface area contributed by atoms with Crippen LogP contribution in [0, 0.1) is 11.8 Å². The Bertz CT molecular complexity index is 1150. The van der Waals surface area contributed by atoms with Crippen molar-refractivity contribution in [2.24, 2.45) is 11.8 Å². The predicted molar refractivity (Wildman–Crippen MR) is 126 cm³/mol. The van der Waals surface area contributed by atoms with Gasteiger partial charge in [-0.15, -0.1) is 0 Å². The first-order valence-corrected chi connectivity index (χ1v) is 12.0. The van der Waals surface area contributed by atoms with Gasteiger partial charge in [-0.2, -0.15) is 0 Å². The Kier molecular flexibility index (Phi) is 3.89. The normalized spacial score (nSPS) is 30.8. The quantitative estimate of drug-likeness (QED) is 0.264. The molecule has 0 unspecified atom stereocenters. The van der Waals surface area contributed by atoms with Crippen LogP contribution in [0.4, 0.5) is 5.69 Å². The van der Waals surface area contributed by atoms with E-state index in [0.717, 1.165) is 26.7 Å². The van der Waals surface area contributed by atoms with Crippen molar-refractivity contribution in [3.8, 4) is 0 Å². The van der Waals surface area contributed by atoms with Crippen LogP contribution >= 0.6 is 47.8 Å². The van der Waals surface area contributed by atoms with Crippen LogP contribution in [0.15, 0.2) is 77.3 Å². The number of hydrogen-bond acceptors (Lipinski definition) is 2. The van der Waals surface area contributed by atoms with Gasteiger partial charge in [-0.05, 0) is 40.5 Å². The van der Waals surface area contributed by atoms with Crippen molar-refractivity contribution in [3.05, 3.63) is 99.5 Å².